The first-order valence-electron chi connectivity index (χ1n) is 10.9. The van der Waals surface area contributed by atoms with Crippen molar-refractivity contribution in [3.8, 4) is 17.0 Å². The molecule has 0 N–H and O–H groups in total. The summed E-state index contributed by atoms with van der Waals surface area (Å²) in [6, 6.07) is 11.9. The van der Waals surface area contributed by atoms with E-state index in [0.717, 1.165) is 41.5 Å². The van der Waals surface area contributed by atoms with Crippen LogP contribution in [-0.4, -0.2) is 41.5 Å². The summed E-state index contributed by atoms with van der Waals surface area (Å²) in [4.78, 5) is 22.5. The number of amides is 1. The lowest BCUT2D eigenvalue weighted by Crippen LogP contribution is -2.22. The molecular weight excluding hydrogens is 406 g/mol. The van der Waals surface area contributed by atoms with Gasteiger partial charge in [0.25, 0.3) is 5.91 Å². The largest absolute Gasteiger partial charge is 0.494 e. The normalized spacial score (nSPS) is 10.8. The van der Waals surface area contributed by atoms with Crippen LogP contribution in [0.5, 0.6) is 5.75 Å². The number of unbranched alkanes of at least 4 members (excludes halogenated alkanes) is 4. The Balaban J connectivity index is 1.52. The molecule has 0 fully saturated rings. The van der Waals surface area contributed by atoms with E-state index < -0.39 is 0 Å². The summed E-state index contributed by atoms with van der Waals surface area (Å²) in [5, 5.41) is 3.09. The molecule has 31 heavy (non-hydrogen) atoms. The highest BCUT2D eigenvalue weighted by atomic mass is 32.1. The lowest BCUT2D eigenvalue weighted by molar-refractivity contribution is 0.0822. The number of ether oxygens (including phenoxy) is 1. The number of nitrogens with zero attached hydrogens (tertiary/aromatic N) is 3. The minimum Gasteiger partial charge on any atom is -0.494 e. The number of benzene rings is 1. The maximum atomic E-state index is 12.0. The van der Waals surface area contributed by atoms with Crippen LogP contribution >= 0.6 is 11.3 Å². The van der Waals surface area contributed by atoms with Crippen molar-refractivity contribution >= 4 is 17.2 Å². The van der Waals surface area contributed by atoms with Crippen molar-refractivity contribution in [2.24, 2.45) is 0 Å². The highest BCUT2D eigenvalue weighted by Gasteiger charge is 2.11. The molecular formula is C25H31N3O2S. The molecule has 1 aromatic carbocycles. The molecule has 0 aliphatic rings. The van der Waals surface area contributed by atoms with Crippen molar-refractivity contribution in [2.45, 2.75) is 45.4 Å². The molecule has 0 atom stereocenters. The van der Waals surface area contributed by atoms with Crippen LogP contribution < -0.4 is 4.74 Å². The third-order valence-electron chi connectivity index (χ3n) is 5.03. The molecule has 5 nitrogen and oxygen atoms in total. The van der Waals surface area contributed by atoms with Crippen LogP contribution in [0.1, 0.15) is 60.1 Å². The third kappa shape index (κ3) is 6.89. The molecule has 164 valence electrons. The van der Waals surface area contributed by atoms with Gasteiger partial charge in [-0.3, -0.25) is 9.78 Å². The molecule has 0 saturated carbocycles. The summed E-state index contributed by atoms with van der Waals surface area (Å²) >= 11 is 1.64. The van der Waals surface area contributed by atoms with Crippen LogP contribution in [0, 0.1) is 0 Å². The van der Waals surface area contributed by atoms with Crippen molar-refractivity contribution in [3.05, 3.63) is 64.2 Å². The first-order chi connectivity index (χ1) is 15.1. The molecule has 3 rings (SSSR count). The fraction of sp³-hybridized carbons (Fsp3) is 0.400. The summed E-state index contributed by atoms with van der Waals surface area (Å²) < 4.78 is 5.85. The van der Waals surface area contributed by atoms with Gasteiger partial charge in [-0.2, -0.15) is 0 Å². The summed E-state index contributed by atoms with van der Waals surface area (Å²) in [6.45, 7) is 3.01. The zero-order chi connectivity index (χ0) is 22.1. The van der Waals surface area contributed by atoms with E-state index in [9.17, 15) is 4.79 Å². The number of carbonyl (C=O) groups excluding carboxylic acids is 1. The van der Waals surface area contributed by atoms with Gasteiger partial charge in [0.05, 0.1) is 17.3 Å². The zero-order valence-electron chi connectivity index (χ0n) is 18.6. The van der Waals surface area contributed by atoms with E-state index in [1.807, 2.05) is 23.6 Å². The Bertz CT molecular complexity index is 950. The Labute approximate surface area is 189 Å². The lowest BCUT2D eigenvalue weighted by Gasteiger charge is -2.09. The summed E-state index contributed by atoms with van der Waals surface area (Å²) in [5.74, 6) is 0.826. The zero-order valence-corrected chi connectivity index (χ0v) is 19.5. The van der Waals surface area contributed by atoms with Crippen molar-refractivity contribution in [1.29, 1.82) is 0 Å². The molecule has 0 bridgehead atoms. The minimum atomic E-state index is -0.102. The monoisotopic (exact) mass is 437 g/mol. The first-order valence-corrected chi connectivity index (χ1v) is 11.8. The fourth-order valence-electron chi connectivity index (χ4n) is 3.20. The van der Waals surface area contributed by atoms with E-state index in [-0.39, 0.29) is 5.91 Å². The molecule has 2 heterocycles. The van der Waals surface area contributed by atoms with Crippen LogP contribution in [0.15, 0.2) is 48.0 Å². The Morgan fingerprint density at radius 3 is 2.48 bits per heavy atom. The van der Waals surface area contributed by atoms with Crippen molar-refractivity contribution < 1.29 is 9.53 Å². The average Bonchev–Trinajstić information content (AvgIpc) is 3.25. The van der Waals surface area contributed by atoms with Gasteiger partial charge in [0, 0.05) is 37.7 Å². The molecule has 0 saturated heterocycles. The smallest absolute Gasteiger partial charge is 0.271 e. The van der Waals surface area contributed by atoms with Gasteiger partial charge in [0.2, 0.25) is 0 Å². The quantitative estimate of drug-likeness (QED) is 0.353. The van der Waals surface area contributed by atoms with Crippen molar-refractivity contribution in [1.82, 2.24) is 14.9 Å². The van der Waals surface area contributed by atoms with Crippen LogP contribution in [0.4, 0.5) is 0 Å². The van der Waals surface area contributed by atoms with Crippen LogP contribution in [0.2, 0.25) is 0 Å². The second-order valence-corrected chi connectivity index (χ2v) is 8.78. The Kier molecular flexibility index (Phi) is 8.59. The van der Waals surface area contributed by atoms with Crippen LogP contribution in [0.25, 0.3) is 11.3 Å². The van der Waals surface area contributed by atoms with Gasteiger partial charge in [-0.15, -0.1) is 11.3 Å². The molecule has 0 spiro atoms. The first kappa shape index (κ1) is 22.9. The number of hydrogen-bond donors (Lipinski definition) is 0. The molecule has 2 aromatic heterocycles. The maximum Gasteiger partial charge on any atom is 0.271 e. The molecule has 0 unspecified atom stereocenters. The van der Waals surface area contributed by atoms with Crippen molar-refractivity contribution in [3.63, 3.8) is 0 Å². The predicted octanol–water partition coefficient (Wildman–Crippen LogP) is 5.85. The van der Waals surface area contributed by atoms with E-state index in [0.29, 0.717) is 5.69 Å². The van der Waals surface area contributed by atoms with Gasteiger partial charge >= 0.3 is 0 Å². The number of hydrogen-bond acceptors (Lipinski definition) is 5. The second-order valence-electron chi connectivity index (χ2n) is 7.84. The van der Waals surface area contributed by atoms with Gasteiger partial charge in [0.15, 0.2) is 0 Å². The van der Waals surface area contributed by atoms with Gasteiger partial charge in [-0.1, -0.05) is 44.7 Å². The van der Waals surface area contributed by atoms with Gasteiger partial charge < -0.3 is 9.64 Å². The van der Waals surface area contributed by atoms with Crippen LogP contribution in [0.3, 0.4) is 0 Å². The molecule has 0 aliphatic carbocycles. The third-order valence-corrected chi connectivity index (χ3v) is 5.88. The summed E-state index contributed by atoms with van der Waals surface area (Å²) in [7, 11) is 3.44. The van der Waals surface area contributed by atoms with E-state index in [2.05, 4.69) is 24.0 Å². The summed E-state index contributed by atoms with van der Waals surface area (Å²) in [6.07, 6.45) is 8.72. The number of aromatic nitrogens is 2. The van der Waals surface area contributed by atoms with E-state index in [4.69, 9.17) is 9.72 Å². The molecule has 1 amide bonds. The van der Waals surface area contributed by atoms with E-state index in [1.54, 1.807) is 37.7 Å². The average molecular weight is 438 g/mol. The van der Waals surface area contributed by atoms with Gasteiger partial charge in [-0.25, -0.2) is 4.98 Å². The lowest BCUT2D eigenvalue weighted by atomic mass is 10.1. The number of carbonyl (C=O) groups is 1. The van der Waals surface area contributed by atoms with E-state index >= 15 is 0 Å². The fourth-order valence-corrected chi connectivity index (χ4v) is 4.04. The molecule has 0 radical (unpaired) electrons. The van der Waals surface area contributed by atoms with Gasteiger partial charge in [-0.05, 0) is 36.2 Å². The molecule has 0 aliphatic heterocycles. The topological polar surface area (TPSA) is 55.3 Å². The van der Waals surface area contributed by atoms with Gasteiger partial charge in [0.1, 0.15) is 11.4 Å². The van der Waals surface area contributed by atoms with Crippen LogP contribution in [-0.2, 0) is 6.42 Å². The summed E-state index contributed by atoms with van der Waals surface area (Å²) in [5.41, 5.74) is 3.45. The Morgan fingerprint density at radius 2 is 1.81 bits per heavy atom. The Hall–Kier alpha value is -2.73. The number of thiazole rings is 1. The Morgan fingerprint density at radius 1 is 1.03 bits per heavy atom. The minimum absolute atomic E-state index is 0.102. The van der Waals surface area contributed by atoms with E-state index in [1.165, 1.54) is 36.1 Å². The highest BCUT2D eigenvalue weighted by molar-refractivity contribution is 7.10. The molecule has 3 aromatic rings. The standard InChI is InChI=1S/C25H31N3O2S/c1-4-5-6-7-8-15-30-21-12-9-19(10-13-21)16-24-27-23(18-31-24)20-11-14-22(26-17-20)25(29)28(2)3/h9-14,17-18H,4-8,15-16H2,1-3H3. The number of pyridine rings is 1. The predicted molar refractivity (Wildman–Crippen MR) is 127 cm³/mol. The second kappa shape index (κ2) is 11.6. The number of rotatable bonds is 11. The van der Waals surface area contributed by atoms with Crippen molar-refractivity contribution in [2.75, 3.05) is 20.7 Å². The highest BCUT2D eigenvalue weighted by Crippen LogP contribution is 2.24. The SMILES string of the molecule is CCCCCCCOc1ccc(Cc2nc(-c3ccc(C(=O)N(C)C)nc3)cs2)cc1. The maximum absolute atomic E-state index is 12.0. The molecule has 6 heteroatoms.